The number of rotatable bonds is 7. The number of ether oxygens (including phenoxy) is 2. The van der Waals surface area contributed by atoms with Gasteiger partial charge in [-0.1, -0.05) is 0 Å². The van der Waals surface area contributed by atoms with E-state index in [-0.39, 0.29) is 0 Å². The lowest BCUT2D eigenvalue weighted by Gasteiger charge is -2.22. The summed E-state index contributed by atoms with van der Waals surface area (Å²) in [7, 11) is 1.82. The lowest BCUT2D eigenvalue weighted by molar-refractivity contribution is -0.0320. The minimum Gasteiger partial charge on any atom is -0.381 e. The SMILES string of the molecule is CN=C(NCCCOC1CCOCC1)NCC1CC1. The molecule has 19 heavy (non-hydrogen) atoms. The molecule has 2 N–H and O–H groups in total. The predicted octanol–water partition coefficient (Wildman–Crippen LogP) is 1.15. The zero-order valence-corrected chi connectivity index (χ0v) is 12.0. The number of hydrogen-bond acceptors (Lipinski definition) is 3. The van der Waals surface area contributed by atoms with E-state index in [1.807, 2.05) is 7.05 Å². The molecular weight excluding hydrogens is 242 g/mol. The zero-order chi connectivity index (χ0) is 13.3. The van der Waals surface area contributed by atoms with E-state index in [0.29, 0.717) is 6.10 Å². The van der Waals surface area contributed by atoms with Crippen molar-refractivity contribution in [2.24, 2.45) is 10.9 Å². The van der Waals surface area contributed by atoms with Crippen LogP contribution < -0.4 is 10.6 Å². The van der Waals surface area contributed by atoms with Crippen LogP contribution in [0.5, 0.6) is 0 Å². The van der Waals surface area contributed by atoms with Gasteiger partial charge in [-0.2, -0.15) is 0 Å². The molecular formula is C14H27N3O2. The molecule has 0 aromatic carbocycles. The average Bonchev–Trinajstić information content (AvgIpc) is 3.27. The summed E-state index contributed by atoms with van der Waals surface area (Å²) in [5, 5.41) is 6.68. The Hall–Kier alpha value is -0.810. The van der Waals surface area contributed by atoms with E-state index in [2.05, 4.69) is 15.6 Å². The molecule has 110 valence electrons. The molecule has 1 saturated heterocycles. The summed E-state index contributed by atoms with van der Waals surface area (Å²) in [6, 6.07) is 0. The van der Waals surface area contributed by atoms with Gasteiger partial charge >= 0.3 is 0 Å². The van der Waals surface area contributed by atoms with Crippen molar-refractivity contribution in [2.75, 3.05) is 40.0 Å². The Bertz CT molecular complexity index is 274. The maximum atomic E-state index is 5.83. The van der Waals surface area contributed by atoms with Gasteiger partial charge in [-0.05, 0) is 38.0 Å². The average molecular weight is 269 g/mol. The molecule has 1 aliphatic carbocycles. The molecule has 0 unspecified atom stereocenters. The van der Waals surface area contributed by atoms with Crippen LogP contribution in [0.2, 0.25) is 0 Å². The van der Waals surface area contributed by atoms with Crippen LogP contribution in [-0.4, -0.2) is 52.0 Å². The largest absolute Gasteiger partial charge is 0.381 e. The van der Waals surface area contributed by atoms with Crippen molar-refractivity contribution >= 4 is 5.96 Å². The summed E-state index contributed by atoms with van der Waals surface area (Å²) >= 11 is 0. The number of hydrogen-bond donors (Lipinski definition) is 2. The molecule has 5 nitrogen and oxygen atoms in total. The standard InChI is InChI=1S/C14H27N3O2/c1-15-14(17-11-12-3-4-12)16-7-2-8-19-13-5-9-18-10-6-13/h12-13H,2-11H2,1H3,(H2,15,16,17). The molecule has 0 bridgehead atoms. The zero-order valence-electron chi connectivity index (χ0n) is 12.0. The topological polar surface area (TPSA) is 54.9 Å². The molecule has 1 saturated carbocycles. The molecule has 0 aromatic heterocycles. The van der Waals surface area contributed by atoms with Gasteiger partial charge in [-0.15, -0.1) is 0 Å². The van der Waals surface area contributed by atoms with Crippen LogP contribution in [0.1, 0.15) is 32.1 Å². The van der Waals surface area contributed by atoms with Gasteiger partial charge in [0.05, 0.1) is 6.10 Å². The molecule has 0 atom stereocenters. The molecule has 0 aromatic rings. The fourth-order valence-corrected chi connectivity index (χ4v) is 2.16. The normalized spacial score (nSPS) is 21.4. The summed E-state index contributed by atoms with van der Waals surface area (Å²) in [5.74, 6) is 1.79. The van der Waals surface area contributed by atoms with Crippen molar-refractivity contribution in [3.05, 3.63) is 0 Å². The highest BCUT2D eigenvalue weighted by Crippen LogP contribution is 2.27. The first kappa shape index (κ1) is 14.6. The Morgan fingerprint density at radius 1 is 1.21 bits per heavy atom. The summed E-state index contributed by atoms with van der Waals surface area (Å²) < 4.78 is 11.1. The molecule has 1 heterocycles. The van der Waals surface area contributed by atoms with E-state index >= 15 is 0 Å². The van der Waals surface area contributed by atoms with Gasteiger partial charge in [0, 0.05) is 40.0 Å². The molecule has 0 radical (unpaired) electrons. The van der Waals surface area contributed by atoms with Crippen LogP contribution in [0.4, 0.5) is 0 Å². The molecule has 1 aliphatic heterocycles. The summed E-state index contributed by atoms with van der Waals surface area (Å²) in [6.07, 6.45) is 6.23. The first-order chi connectivity index (χ1) is 9.38. The summed E-state index contributed by atoms with van der Waals surface area (Å²) in [5.41, 5.74) is 0. The fourth-order valence-electron chi connectivity index (χ4n) is 2.16. The molecule has 5 heteroatoms. The van der Waals surface area contributed by atoms with Crippen LogP contribution >= 0.6 is 0 Å². The quantitative estimate of drug-likeness (QED) is 0.413. The van der Waals surface area contributed by atoms with E-state index in [1.54, 1.807) is 0 Å². The van der Waals surface area contributed by atoms with Crippen molar-refractivity contribution in [1.82, 2.24) is 10.6 Å². The van der Waals surface area contributed by atoms with Crippen LogP contribution in [-0.2, 0) is 9.47 Å². The van der Waals surface area contributed by atoms with Gasteiger partial charge in [-0.25, -0.2) is 0 Å². The smallest absolute Gasteiger partial charge is 0.190 e. The van der Waals surface area contributed by atoms with Gasteiger partial charge in [-0.3, -0.25) is 4.99 Å². The first-order valence-electron chi connectivity index (χ1n) is 7.52. The Labute approximate surface area is 116 Å². The lowest BCUT2D eigenvalue weighted by atomic mass is 10.1. The monoisotopic (exact) mass is 269 g/mol. The fraction of sp³-hybridized carbons (Fsp3) is 0.929. The van der Waals surface area contributed by atoms with E-state index in [9.17, 15) is 0 Å². The number of aliphatic imine (C=N–C) groups is 1. The Balaban J connectivity index is 1.45. The minimum atomic E-state index is 0.404. The highest BCUT2D eigenvalue weighted by Gasteiger charge is 2.21. The van der Waals surface area contributed by atoms with E-state index < -0.39 is 0 Å². The maximum absolute atomic E-state index is 5.83. The second-order valence-electron chi connectivity index (χ2n) is 5.36. The van der Waals surface area contributed by atoms with E-state index in [4.69, 9.17) is 9.47 Å². The second-order valence-corrected chi connectivity index (χ2v) is 5.36. The van der Waals surface area contributed by atoms with E-state index in [0.717, 1.165) is 64.1 Å². The summed E-state index contributed by atoms with van der Waals surface area (Å²) in [4.78, 5) is 4.21. The molecule has 0 spiro atoms. The van der Waals surface area contributed by atoms with Crippen molar-refractivity contribution < 1.29 is 9.47 Å². The second kappa shape index (κ2) is 8.38. The van der Waals surface area contributed by atoms with Gasteiger partial charge in [0.25, 0.3) is 0 Å². The van der Waals surface area contributed by atoms with E-state index in [1.165, 1.54) is 12.8 Å². The van der Waals surface area contributed by atoms with Crippen LogP contribution in [0.25, 0.3) is 0 Å². The van der Waals surface area contributed by atoms with Crippen molar-refractivity contribution in [3.8, 4) is 0 Å². The highest BCUT2D eigenvalue weighted by atomic mass is 16.5. The van der Waals surface area contributed by atoms with Gasteiger partial charge in [0.2, 0.25) is 0 Å². The Kier molecular flexibility index (Phi) is 6.44. The summed E-state index contributed by atoms with van der Waals surface area (Å²) in [6.45, 7) is 4.48. The predicted molar refractivity (Wildman–Crippen MR) is 76.5 cm³/mol. The first-order valence-corrected chi connectivity index (χ1v) is 7.52. The van der Waals surface area contributed by atoms with Crippen LogP contribution in [0, 0.1) is 5.92 Å². The van der Waals surface area contributed by atoms with Gasteiger partial charge in [0.15, 0.2) is 5.96 Å². The van der Waals surface area contributed by atoms with Crippen molar-refractivity contribution in [2.45, 2.75) is 38.2 Å². The number of nitrogens with zero attached hydrogens (tertiary/aromatic N) is 1. The highest BCUT2D eigenvalue weighted by molar-refractivity contribution is 5.79. The third-order valence-electron chi connectivity index (χ3n) is 3.61. The Morgan fingerprint density at radius 3 is 2.68 bits per heavy atom. The molecule has 2 fully saturated rings. The number of nitrogens with one attached hydrogen (secondary N) is 2. The lowest BCUT2D eigenvalue weighted by Crippen LogP contribution is -2.39. The molecule has 2 aliphatic rings. The van der Waals surface area contributed by atoms with Crippen LogP contribution in [0.3, 0.4) is 0 Å². The van der Waals surface area contributed by atoms with Crippen LogP contribution in [0.15, 0.2) is 4.99 Å². The van der Waals surface area contributed by atoms with Crippen molar-refractivity contribution in [3.63, 3.8) is 0 Å². The molecule has 0 amide bonds. The minimum absolute atomic E-state index is 0.404. The van der Waals surface area contributed by atoms with Gasteiger partial charge in [0.1, 0.15) is 0 Å². The maximum Gasteiger partial charge on any atom is 0.190 e. The third-order valence-corrected chi connectivity index (χ3v) is 3.61. The Morgan fingerprint density at radius 2 is 2.00 bits per heavy atom. The van der Waals surface area contributed by atoms with Gasteiger partial charge < -0.3 is 20.1 Å². The number of guanidine groups is 1. The molecule has 2 rings (SSSR count). The third kappa shape index (κ3) is 6.25. The van der Waals surface area contributed by atoms with Crippen molar-refractivity contribution in [1.29, 1.82) is 0 Å².